The number of hydrogen-bond acceptors (Lipinski definition) is 4. The lowest BCUT2D eigenvalue weighted by atomic mass is 9.89. The summed E-state index contributed by atoms with van der Waals surface area (Å²) in [6.45, 7) is 5.83. The first-order chi connectivity index (χ1) is 12.8. The third-order valence-electron chi connectivity index (χ3n) is 5.30. The molecule has 1 aliphatic rings. The fourth-order valence-electron chi connectivity index (χ4n) is 3.43. The van der Waals surface area contributed by atoms with Crippen LogP contribution in [0.1, 0.15) is 64.7 Å². The first-order valence-electron chi connectivity index (χ1n) is 9.94. The van der Waals surface area contributed by atoms with Crippen LogP contribution in [-0.4, -0.2) is 38.8 Å². The molecule has 0 aliphatic heterocycles. The van der Waals surface area contributed by atoms with E-state index in [0.29, 0.717) is 32.1 Å². The molecule has 0 amide bonds. The van der Waals surface area contributed by atoms with Crippen molar-refractivity contribution in [3.8, 4) is 0 Å². The van der Waals surface area contributed by atoms with E-state index in [4.69, 9.17) is 5.11 Å². The molecule has 0 heterocycles. The highest BCUT2D eigenvalue weighted by Gasteiger charge is 2.32. The highest BCUT2D eigenvalue weighted by atomic mass is 16.4. The van der Waals surface area contributed by atoms with Crippen LogP contribution in [0.4, 0.5) is 0 Å². The molecule has 5 heteroatoms. The predicted octanol–water partition coefficient (Wildman–Crippen LogP) is 3.81. The van der Waals surface area contributed by atoms with Gasteiger partial charge in [-0.05, 0) is 44.4 Å². The highest BCUT2D eigenvalue weighted by molar-refractivity contribution is 5.83. The third kappa shape index (κ3) is 8.22. The number of carbonyl (C=O) groups is 2. The number of aliphatic hydroxyl groups is 2. The number of carboxylic acids is 1. The summed E-state index contributed by atoms with van der Waals surface area (Å²) >= 11 is 0. The minimum atomic E-state index is -1.34. The van der Waals surface area contributed by atoms with Crippen molar-refractivity contribution in [2.45, 2.75) is 76.4 Å². The Morgan fingerprint density at radius 1 is 1.37 bits per heavy atom. The summed E-state index contributed by atoms with van der Waals surface area (Å²) in [5.74, 6) is -0.843. The van der Waals surface area contributed by atoms with E-state index in [1.807, 2.05) is 18.2 Å². The van der Waals surface area contributed by atoms with Crippen molar-refractivity contribution in [2.75, 3.05) is 0 Å². The number of rotatable bonds is 13. The maximum absolute atomic E-state index is 12.2. The van der Waals surface area contributed by atoms with E-state index < -0.39 is 17.7 Å². The first-order valence-corrected chi connectivity index (χ1v) is 9.94. The summed E-state index contributed by atoms with van der Waals surface area (Å²) in [5.41, 5.74) is -0.879. The normalized spacial score (nSPS) is 23.7. The number of unbranched alkanes of at least 4 members (excludes halogenated alkanes) is 1. The van der Waals surface area contributed by atoms with Gasteiger partial charge in [0.25, 0.3) is 0 Å². The molecule has 0 spiro atoms. The van der Waals surface area contributed by atoms with Crippen molar-refractivity contribution in [3.05, 3.63) is 37.0 Å². The Morgan fingerprint density at radius 2 is 2.11 bits per heavy atom. The maximum atomic E-state index is 12.2. The molecule has 27 heavy (non-hydrogen) atoms. The summed E-state index contributed by atoms with van der Waals surface area (Å²) in [6, 6.07) is 0. The lowest BCUT2D eigenvalue weighted by Crippen LogP contribution is -2.24. The zero-order valence-corrected chi connectivity index (χ0v) is 16.3. The average molecular weight is 379 g/mol. The SMILES string of the molecule is C=CC(O)(CC=C[C@H]1CCC(=O)[C@@H]1CC=CCCC(O)C(=O)O)CCCC. The van der Waals surface area contributed by atoms with Gasteiger partial charge in [0.15, 0.2) is 6.10 Å². The van der Waals surface area contributed by atoms with Crippen molar-refractivity contribution < 1.29 is 24.9 Å². The number of aliphatic hydroxyl groups excluding tert-OH is 1. The van der Waals surface area contributed by atoms with Crippen LogP contribution >= 0.6 is 0 Å². The van der Waals surface area contributed by atoms with E-state index in [0.717, 1.165) is 19.3 Å². The quantitative estimate of drug-likeness (QED) is 0.424. The number of carbonyl (C=O) groups excluding carboxylic acids is 1. The second-order valence-corrected chi connectivity index (χ2v) is 7.46. The molecule has 0 bridgehead atoms. The van der Waals surface area contributed by atoms with E-state index in [1.54, 1.807) is 6.08 Å². The van der Waals surface area contributed by atoms with E-state index in [9.17, 15) is 19.8 Å². The number of Topliss-reactive ketones (excluding diaryl/α,β-unsaturated/α-hetero) is 1. The van der Waals surface area contributed by atoms with Crippen LogP contribution in [-0.2, 0) is 9.59 Å². The molecule has 2 unspecified atom stereocenters. The molecule has 1 fully saturated rings. The van der Waals surface area contributed by atoms with Gasteiger partial charge in [0.2, 0.25) is 0 Å². The van der Waals surface area contributed by atoms with Gasteiger partial charge in [-0.3, -0.25) is 4.79 Å². The third-order valence-corrected chi connectivity index (χ3v) is 5.30. The molecule has 0 aromatic rings. The standard InChI is InChI=1S/C22H34O5/c1-3-5-15-22(27,4-2)16-9-10-17-13-14-19(23)18(17)11-7-6-8-12-20(24)21(25)26/h4,6-7,9-10,17-18,20,24,27H,2-3,5,8,11-16H2,1H3,(H,25,26)/t17-,18+,20?,22?/m0/s1. The molecule has 0 aromatic heterocycles. The summed E-state index contributed by atoms with van der Waals surface area (Å²) in [5, 5.41) is 28.4. The summed E-state index contributed by atoms with van der Waals surface area (Å²) < 4.78 is 0. The van der Waals surface area contributed by atoms with Gasteiger partial charge in [0, 0.05) is 12.3 Å². The molecule has 1 saturated carbocycles. The van der Waals surface area contributed by atoms with Crippen molar-refractivity contribution in [1.82, 2.24) is 0 Å². The zero-order valence-electron chi connectivity index (χ0n) is 16.3. The predicted molar refractivity (Wildman–Crippen MR) is 106 cm³/mol. The molecule has 5 nitrogen and oxygen atoms in total. The lowest BCUT2D eigenvalue weighted by Gasteiger charge is -2.22. The molecule has 3 N–H and O–H groups in total. The summed E-state index contributed by atoms with van der Waals surface area (Å²) in [4.78, 5) is 22.7. The van der Waals surface area contributed by atoms with Gasteiger partial charge >= 0.3 is 5.97 Å². The Labute approximate surface area is 162 Å². The summed E-state index contributed by atoms with van der Waals surface area (Å²) in [7, 11) is 0. The molecule has 4 atom stereocenters. The van der Waals surface area contributed by atoms with Crippen LogP contribution in [0.25, 0.3) is 0 Å². The summed E-state index contributed by atoms with van der Waals surface area (Å²) in [6.07, 6.45) is 13.9. The fourth-order valence-corrected chi connectivity index (χ4v) is 3.43. The van der Waals surface area contributed by atoms with E-state index >= 15 is 0 Å². The molecular formula is C22H34O5. The first kappa shape index (κ1) is 23.3. The molecule has 0 saturated heterocycles. The molecule has 0 aromatic carbocycles. The van der Waals surface area contributed by atoms with Crippen LogP contribution in [0.15, 0.2) is 37.0 Å². The number of carboxylic acid groups (broad SMARTS) is 1. The highest BCUT2D eigenvalue weighted by Crippen LogP contribution is 2.33. The molecule has 0 radical (unpaired) electrons. The van der Waals surface area contributed by atoms with Crippen LogP contribution in [0.3, 0.4) is 0 Å². The minimum Gasteiger partial charge on any atom is -0.479 e. The van der Waals surface area contributed by atoms with Gasteiger partial charge in [0.1, 0.15) is 5.78 Å². The smallest absolute Gasteiger partial charge is 0.332 e. The second-order valence-electron chi connectivity index (χ2n) is 7.46. The zero-order chi connectivity index (χ0) is 20.3. The Morgan fingerprint density at radius 3 is 2.74 bits per heavy atom. The average Bonchev–Trinajstić information content (AvgIpc) is 2.99. The van der Waals surface area contributed by atoms with Crippen LogP contribution in [0.2, 0.25) is 0 Å². The fraction of sp³-hybridized carbons (Fsp3) is 0.636. The topological polar surface area (TPSA) is 94.8 Å². The van der Waals surface area contributed by atoms with Gasteiger partial charge in [-0.25, -0.2) is 4.79 Å². The van der Waals surface area contributed by atoms with Crippen molar-refractivity contribution >= 4 is 11.8 Å². The maximum Gasteiger partial charge on any atom is 0.332 e. The van der Waals surface area contributed by atoms with Crippen LogP contribution < -0.4 is 0 Å². The lowest BCUT2D eigenvalue weighted by molar-refractivity contribution is -0.146. The van der Waals surface area contributed by atoms with Gasteiger partial charge in [-0.15, -0.1) is 6.58 Å². The Hall–Kier alpha value is -1.72. The minimum absolute atomic E-state index is 0.0608. The van der Waals surface area contributed by atoms with Gasteiger partial charge < -0.3 is 15.3 Å². The Balaban J connectivity index is 2.51. The van der Waals surface area contributed by atoms with Crippen molar-refractivity contribution in [3.63, 3.8) is 0 Å². The Bertz CT molecular complexity index is 551. The second kappa shape index (κ2) is 11.9. The van der Waals surface area contributed by atoms with Crippen LogP contribution in [0, 0.1) is 11.8 Å². The number of allylic oxidation sites excluding steroid dienone is 3. The molecule has 1 rings (SSSR count). The molecule has 1 aliphatic carbocycles. The Kier molecular flexibility index (Phi) is 10.3. The van der Waals surface area contributed by atoms with Gasteiger partial charge in [-0.2, -0.15) is 0 Å². The molecular weight excluding hydrogens is 344 g/mol. The van der Waals surface area contributed by atoms with Gasteiger partial charge in [-0.1, -0.05) is 50.1 Å². The largest absolute Gasteiger partial charge is 0.479 e. The van der Waals surface area contributed by atoms with E-state index in [1.165, 1.54) is 0 Å². The van der Waals surface area contributed by atoms with Crippen molar-refractivity contribution in [1.29, 1.82) is 0 Å². The monoisotopic (exact) mass is 378 g/mol. The van der Waals surface area contributed by atoms with Crippen LogP contribution in [0.5, 0.6) is 0 Å². The van der Waals surface area contributed by atoms with E-state index in [2.05, 4.69) is 19.6 Å². The van der Waals surface area contributed by atoms with E-state index in [-0.39, 0.29) is 24.0 Å². The van der Waals surface area contributed by atoms with Crippen molar-refractivity contribution in [2.24, 2.45) is 11.8 Å². The number of ketones is 1. The van der Waals surface area contributed by atoms with Gasteiger partial charge in [0.05, 0.1) is 5.60 Å². The number of aliphatic carboxylic acids is 1. The number of hydrogen-bond donors (Lipinski definition) is 3. The molecule has 152 valence electrons.